The molecule has 0 spiro atoms. The van der Waals surface area contributed by atoms with E-state index in [-0.39, 0.29) is 11.7 Å². The minimum Gasteiger partial charge on any atom is -0.408 e. The maximum absolute atomic E-state index is 12.5. The predicted octanol–water partition coefficient (Wildman–Crippen LogP) is 2.60. The molecule has 1 saturated carbocycles. The van der Waals surface area contributed by atoms with Gasteiger partial charge in [0.2, 0.25) is 0 Å². The summed E-state index contributed by atoms with van der Waals surface area (Å²) in [5, 5.41) is 15.5. The molecule has 1 amide bonds. The Kier molecular flexibility index (Phi) is 6.48. The molecule has 176 valence electrons. The van der Waals surface area contributed by atoms with Gasteiger partial charge in [-0.1, -0.05) is 30.3 Å². The Morgan fingerprint density at radius 2 is 2.00 bits per heavy atom. The summed E-state index contributed by atoms with van der Waals surface area (Å²) in [5.41, 5.74) is 4.37. The van der Waals surface area contributed by atoms with Gasteiger partial charge >= 0.3 is 5.76 Å². The molecule has 1 saturated heterocycles. The van der Waals surface area contributed by atoms with Crippen molar-refractivity contribution in [2.24, 2.45) is 5.92 Å². The van der Waals surface area contributed by atoms with Gasteiger partial charge < -0.3 is 19.8 Å². The number of oxazole rings is 1. The van der Waals surface area contributed by atoms with Crippen LogP contribution >= 0.6 is 0 Å². The molecule has 2 heterocycles. The number of amides is 1. The first-order valence-corrected chi connectivity index (χ1v) is 11.9. The van der Waals surface area contributed by atoms with E-state index in [1.54, 1.807) is 4.57 Å². The van der Waals surface area contributed by atoms with Gasteiger partial charge in [0.1, 0.15) is 12.1 Å². The Labute approximate surface area is 197 Å². The Morgan fingerprint density at radius 3 is 2.76 bits per heavy atom. The number of hydrogen-bond acceptors (Lipinski definition) is 6. The van der Waals surface area contributed by atoms with E-state index < -0.39 is 12.1 Å². The first kappa shape index (κ1) is 22.4. The highest BCUT2D eigenvalue weighted by Gasteiger charge is 2.25. The van der Waals surface area contributed by atoms with Gasteiger partial charge in [0.05, 0.1) is 11.6 Å². The lowest BCUT2D eigenvalue weighted by Gasteiger charge is -2.18. The van der Waals surface area contributed by atoms with Crippen LogP contribution in [0.2, 0.25) is 0 Å². The van der Waals surface area contributed by atoms with Crippen molar-refractivity contribution in [3.05, 3.63) is 58.6 Å². The molecule has 8 heteroatoms. The first-order valence-electron chi connectivity index (χ1n) is 11.9. The van der Waals surface area contributed by atoms with Crippen LogP contribution in [0.15, 0.2) is 51.7 Å². The number of carbonyl (C=O) groups excluding carboxylic acids is 1. The van der Waals surface area contributed by atoms with E-state index in [0.29, 0.717) is 37.6 Å². The Bertz CT molecular complexity index is 1260. The van der Waals surface area contributed by atoms with Gasteiger partial charge in [-0.05, 0) is 60.5 Å². The largest absolute Gasteiger partial charge is 0.419 e. The zero-order chi connectivity index (χ0) is 23.5. The fraction of sp³-hybridized carbons (Fsp3) is 0.423. The fourth-order valence-electron chi connectivity index (χ4n) is 4.32. The van der Waals surface area contributed by atoms with Crippen molar-refractivity contribution in [3.8, 4) is 17.2 Å². The molecule has 2 atom stereocenters. The van der Waals surface area contributed by atoms with E-state index in [9.17, 15) is 14.9 Å². The second-order valence-electron chi connectivity index (χ2n) is 9.11. The fourth-order valence-corrected chi connectivity index (χ4v) is 4.32. The number of rotatable bonds is 7. The van der Waals surface area contributed by atoms with E-state index in [2.05, 4.69) is 16.7 Å². The standard InChI is InChI=1S/C26H28N4O4/c27-14-21(29-25(31)24-15-28-10-1-11-33-24)12-17-4-6-19(7-5-17)20-8-9-23-22(13-20)30(26(32)34-23)16-18-2-3-18/h4-9,13,18,21,24,28H,1-3,10-12,15-16H2,(H,29,31)/t21-,24?/m0/s1. The van der Waals surface area contributed by atoms with Gasteiger partial charge in [-0.15, -0.1) is 0 Å². The highest BCUT2D eigenvalue weighted by atomic mass is 16.5. The van der Waals surface area contributed by atoms with Gasteiger partial charge in [-0.3, -0.25) is 9.36 Å². The van der Waals surface area contributed by atoms with Gasteiger partial charge in [-0.25, -0.2) is 4.79 Å². The topological polar surface area (TPSA) is 109 Å². The molecule has 2 aromatic carbocycles. The molecule has 2 N–H and O–H groups in total. The summed E-state index contributed by atoms with van der Waals surface area (Å²) in [6.07, 6.45) is 3.02. The van der Waals surface area contributed by atoms with Crippen LogP contribution in [0.25, 0.3) is 22.2 Å². The molecule has 1 aliphatic carbocycles. The van der Waals surface area contributed by atoms with Crippen LogP contribution in [0, 0.1) is 17.2 Å². The zero-order valence-corrected chi connectivity index (χ0v) is 19.0. The monoisotopic (exact) mass is 460 g/mol. The summed E-state index contributed by atoms with van der Waals surface area (Å²) in [4.78, 5) is 24.7. The van der Waals surface area contributed by atoms with Crippen molar-refractivity contribution in [2.75, 3.05) is 19.7 Å². The number of nitrogens with one attached hydrogen (secondary N) is 2. The molecular formula is C26H28N4O4. The van der Waals surface area contributed by atoms with Crippen LogP contribution in [-0.2, 0) is 22.5 Å². The number of benzene rings is 2. The molecule has 34 heavy (non-hydrogen) atoms. The van der Waals surface area contributed by atoms with Gasteiger partial charge in [0.25, 0.3) is 5.91 Å². The van der Waals surface area contributed by atoms with Crippen LogP contribution in [0.1, 0.15) is 24.8 Å². The number of hydrogen-bond donors (Lipinski definition) is 2. The van der Waals surface area contributed by atoms with E-state index >= 15 is 0 Å². The maximum Gasteiger partial charge on any atom is 0.419 e. The van der Waals surface area contributed by atoms with Crippen LogP contribution < -0.4 is 16.4 Å². The smallest absolute Gasteiger partial charge is 0.408 e. The Hall–Kier alpha value is -3.41. The maximum atomic E-state index is 12.5. The van der Waals surface area contributed by atoms with Crippen LogP contribution in [0.4, 0.5) is 0 Å². The van der Waals surface area contributed by atoms with Crippen LogP contribution in [0.5, 0.6) is 0 Å². The second-order valence-corrected chi connectivity index (χ2v) is 9.11. The average molecular weight is 461 g/mol. The summed E-state index contributed by atoms with van der Waals surface area (Å²) in [6.45, 7) is 2.51. The minimum absolute atomic E-state index is 0.261. The third-order valence-corrected chi connectivity index (χ3v) is 6.44. The zero-order valence-electron chi connectivity index (χ0n) is 19.0. The van der Waals surface area contributed by atoms with Crippen molar-refractivity contribution in [3.63, 3.8) is 0 Å². The van der Waals surface area contributed by atoms with E-state index in [1.165, 1.54) is 0 Å². The lowest BCUT2D eigenvalue weighted by molar-refractivity contribution is -0.132. The van der Waals surface area contributed by atoms with Crippen molar-refractivity contribution < 1.29 is 13.9 Å². The molecule has 2 aliphatic rings. The highest BCUT2D eigenvalue weighted by Crippen LogP contribution is 2.32. The van der Waals surface area contributed by atoms with Crippen molar-refractivity contribution in [1.29, 1.82) is 5.26 Å². The summed E-state index contributed by atoms with van der Waals surface area (Å²) < 4.78 is 12.7. The average Bonchev–Trinajstić information content (AvgIpc) is 3.66. The molecule has 2 fully saturated rings. The number of carbonyl (C=O) groups is 1. The van der Waals surface area contributed by atoms with E-state index in [0.717, 1.165) is 48.0 Å². The first-order chi connectivity index (χ1) is 16.6. The third kappa shape index (κ3) is 5.06. The molecule has 1 aromatic heterocycles. The molecule has 1 unspecified atom stereocenters. The molecular weight excluding hydrogens is 432 g/mol. The summed E-state index contributed by atoms with van der Waals surface area (Å²) >= 11 is 0. The number of nitriles is 1. The third-order valence-electron chi connectivity index (χ3n) is 6.44. The normalized spacial score (nSPS) is 19.3. The van der Waals surface area contributed by atoms with Gasteiger partial charge in [0.15, 0.2) is 5.58 Å². The lowest BCUT2D eigenvalue weighted by atomic mass is 10.0. The number of aromatic nitrogens is 1. The van der Waals surface area contributed by atoms with Crippen LogP contribution in [0.3, 0.4) is 0 Å². The van der Waals surface area contributed by atoms with Crippen molar-refractivity contribution in [2.45, 2.75) is 44.4 Å². The SMILES string of the molecule is N#C[C@H](Cc1ccc(-c2ccc3oc(=O)n(CC4CC4)c3c2)cc1)NC(=O)C1CNCCCO1. The quantitative estimate of drug-likeness (QED) is 0.561. The van der Waals surface area contributed by atoms with Gasteiger partial charge in [-0.2, -0.15) is 5.26 Å². The second kappa shape index (κ2) is 9.84. The molecule has 5 rings (SSSR count). The molecule has 0 bridgehead atoms. The molecule has 1 aliphatic heterocycles. The van der Waals surface area contributed by atoms with E-state index in [1.807, 2.05) is 42.5 Å². The number of nitrogens with zero attached hydrogens (tertiary/aromatic N) is 2. The summed E-state index contributed by atoms with van der Waals surface area (Å²) in [7, 11) is 0. The summed E-state index contributed by atoms with van der Waals surface area (Å²) in [6, 6.07) is 15.2. The van der Waals surface area contributed by atoms with Crippen LogP contribution in [-0.4, -0.2) is 42.3 Å². The molecule has 3 aromatic rings. The van der Waals surface area contributed by atoms with Crippen molar-refractivity contribution in [1.82, 2.24) is 15.2 Å². The van der Waals surface area contributed by atoms with Crippen molar-refractivity contribution >= 4 is 17.0 Å². The highest BCUT2D eigenvalue weighted by molar-refractivity contribution is 5.82. The summed E-state index contributed by atoms with van der Waals surface area (Å²) in [5.74, 6) is 0.00708. The minimum atomic E-state index is -0.635. The van der Waals surface area contributed by atoms with Gasteiger partial charge in [0, 0.05) is 26.1 Å². The number of fused-ring (bicyclic) bond motifs is 1. The lowest BCUT2D eigenvalue weighted by Crippen LogP contribution is -2.46. The van der Waals surface area contributed by atoms with E-state index in [4.69, 9.17) is 9.15 Å². The molecule has 8 nitrogen and oxygen atoms in total. The Balaban J connectivity index is 1.27. The number of ether oxygens (including phenoxy) is 1. The predicted molar refractivity (Wildman–Crippen MR) is 127 cm³/mol. The molecule has 0 radical (unpaired) electrons. The Morgan fingerprint density at radius 1 is 1.21 bits per heavy atom.